The van der Waals surface area contributed by atoms with Gasteiger partial charge in [0, 0.05) is 35.2 Å². The Kier molecular flexibility index (Phi) is 5.66. The van der Waals surface area contributed by atoms with E-state index in [1.165, 1.54) is 12.8 Å². The zero-order chi connectivity index (χ0) is 22.0. The number of aryl methyl sites for hydroxylation is 1. The van der Waals surface area contributed by atoms with Crippen molar-refractivity contribution in [1.29, 1.82) is 0 Å². The van der Waals surface area contributed by atoms with E-state index in [-0.39, 0.29) is 17.1 Å². The molecule has 0 unspecified atom stereocenters. The highest BCUT2D eigenvalue weighted by Gasteiger charge is 2.19. The zero-order valence-electron chi connectivity index (χ0n) is 17.2. The summed E-state index contributed by atoms with van der Waals surface area (Å²) in [4.78, 5) is 27.0. The third-order valence-electron chi connectivity index (χ3n) is 5.50. The van der Waals surface area contributed by atoms with E-state index < -0.39 is 18.5 Å². The van der Waals surface area contributed by atoms with Gasteiger partial charge in [0.15, 0.2) is 6.61 Å². The van der Waals surface area contributed by atoms with Gasteiger partial charge in [0.25, 0.3) is 5.91 Å². The summed E-state index contributed by atoms with van der Waals surface area (Å²) >= 11 is 0. The molecule has 7 nitrogen and oxygen atoms in total. The number of fused-ring (bicyclic) bond motifs is 1. The second-order valence-corrected chi connectivity index (χ2v) is 7.66. The number of anilines is 2. The lowest BCUT2D eigenvalue weighted by molar-refractivity contribution is -0.119. The lowest BCUT2D eigenvalue weighted by Crippen LogP contribution is -2.22. The highest BCUT2D eigenvalue weighted by Crippen LogP contribution is 2.35. The fourth-order valence-corrected chi connectivity index (χ4v) is 3.85. The van der Waals surface area contributed by atoms with Gasteiger partial charge in [-0.2, -0.15) is 0 Å². The molecule has 0 radical (unpaired) electrons. The largest absolute Gasteiger partial charge is 0.507 e. The van der Waals surface area contributed by atoms with Crippen LogP contribution in [-0.2, 0) is 9.53 Å². The fraction of sp³-hybridized carbons (Fsp3) is 0.250. The molecule has 4 rings (SSSR count). The quantitative estimate of drug-likeness (QED) is 0.427. The van der Waals surface area contributed by atoms with Gasteiger partial charge in [0.2, 0.25) is 0 Å². The molecule has 7 heteroatoms. The van der Waals surface area contributed by atoms with Crippen molar-refractivity contribution in [1.82, 2.24) is 0 Å². The molecule has 1 heterocycles. The molecule has 0 bridgehead atoms. The van der Waals surface area contributed by atoms with Crippen molar-refractivity contribution in [2.24, 2.45) is 0 Å². The minimum absolute atomic E-state index is 0.154. The third-order valence-corrected chi connectivity index (χ3v) is 5.50. The Morgan fingerprint density at radius 1 is 1.03 bits per heavy atom. The molecule has 3 aromatic rings. The molecule has 1 amide bonds. The van der Waals surface area contributed by atoms with Gasteiger partial charge < -0.3 is 25.2 Å². The molecule has 160 valence electrons. The number of amides is 1. The van der Waals surface area contributed by atoms with E-state index in [1.54, 1.807) is 24.3 Å². The van der Waals surface area contributed by atoms with Gasteiger partial charge in [0.1, 0.15) is 17.1 Å². The second-order valence-electron chi connectivity index (χ2n) is 7.66. The Labute approximate surface area is 179 Å². The monoisotopic (exact) mass is 420 g/mol. The average molecular weight is 420 g/mol. The number of ether oxygens (including phenoxy) is 1. The van der Waals surface area contributed by atoms with Crippen LogP contribution in [0, 0.1) is 6.92 Å². The smallest absolute Gasteiger partial charge is 0.342 e. The Morgan fingerprint density at radius 3 is 2.45 bits per heavy atom. The Morgan fingerprint density at radius 2 is 1.74 bits per heavy atom. The summed E-state index contributed by atoms with van der Waals surface area (Å²) in [6.07, 6.45) is 2.38. The molecule has 31 heavy (non-hydrogen) atoms. The summed E-state index contributed by atoms with van der Waals surface area (Å²) in [6.45, 7) is 3.48. The molecule has 0 atom stereocenters. The van der Waals surface area contributed by atoms with Crippen LogP contribution in [0.15, 0.2) is 48.5 Å². The highest BCUT2D eigenvalue weighted by molar-refractivity contribution is 6.04. The first-order chi connectivity index (χ1) is 14.9. The number of phenolic OH excluding ortho intramolecular Hbond substituents is 2. The van der Waals surface area contributed by atoms with Crippen molar-refractivity contribution < 1.29 is 24.5 Å². The van der Waals surface area contributed by atoms with Crippen LogP contribution in [0.1, 0.15) is 28.8 Å². The predicted molar refractivity (Wildman–Crippen MR) is 119 cm³/mol. The van der Waals surface area contributed by atoms with Crippen LogP contribution in [0.5, 0.6) is 11.5 Å². The predicted octanol–water partition coefficient (Wildman–Crippen LogP) is 3.96. The van der Waals surface area contributed by atoms with Crippen molar-refractivity contribution in [3.05, 3.63) is 59.7 Å². The first kappa shape index (κ1) is 20.5. The lowest BCUT2D eigenvalue weighted by Gasteiger charge is -2.19. The van der Waals surface area contributed by atoms with E-state index in [2.05, 4.69) is 10.2 Å². The average Bonchev–Trinajstić information content (AvgIpc) is 3.31. The number of carbonyl (C=O) groups excluding carboxylic acids is 2. The Balaban J connectivity index is 1.40. The fourth-order valence-electron chi connectivity index (χ4n) is 3.85. The van der Waals surface area contributed by atoms with Crippen LogP contribution in [0.2, 0.25) is 0 Å². The van der Waals surface area contributed by atoms with E-state index >= 15 is 0 Å². The first-order valence-corrected chi connectivity index (χ1v) is 10.2. The van der Waals surface area contributed by atoms with Gasteiger partial charge >= 0.3 is 5.97 Å². The van der Waals surface area contributed by atoms with Crippen molar-refractivity contribution in [3.8, 4) is 11.5 Å². The number of nitrogens with one attached hydrogen (secondary N) is 1. The molecule has 1 saturated heterocycles. The maximum absolute atomic E-state index is 12.4. The van der Waals surface area contributed by atoms with Gasteiger partial charge in [0.05, 0.1) is 0 Å². The number of aromatic hydroxyl groups is 2. The normalized spacial score (nSPS) is 13.4. The Bertz CT molecular complexity index is 1150. The second kappa shape index (κ2) is 8.55. The van der Waals surface area contributed by atoms with Gasteiger partial charge in [-0.15, -0.1) is 0 Å². The standard InChI is InChI=1S/C24H24N2O5/c1-15-12-16(26-10-4-5-11-26)8-9-20(15)25-22(28)14-31-24(30)19-13-21(27)17-6-2-3-7-18(17)23(19)29/h2-3,6-9,12-13,27,29H,4-5,10-11,14H2,1H3,(H,25,28). The number of hydrogen-bond donors (Lipinski definition) is 3. The zero-order valence-corrected chi connectivity index (χ0v) is 17.2. The molecule has 1 fully saturated rings. The summed E-state index contributed by atoms with van der Waals surface area (Å²) in [5, 5.41) is 24.0. The maximum atomic E-state index is 12.4. The van der Waals surface area contributed by atoms with Gasteiger partial charge in [-0.25, -0.2) is 4.79 Å². The minimum atomic E-state index is -0.894. The van der Waals surface area contributed by atoms with Crippen molar-refractivity contribution >= 4 is 34.0 Å². The molecule has 0 spiro atoms. The Hall–Kier alpha value is -3.74. The van der Waals surface area contributed by atoms with Crippen molar-refractivity contribution in [2.75, 3.05) is 29.9 Å². The van der Waals surface area contributed by atoms with E-state index in [0.29, 0.717) is 16.5 Å². The number of carbonyl (C=O) groups is 2. The van der Waals surface area contributed by atoms with Crippen LogP contribution in [0.3, 0.4) is 0 Å². The number of phenols is 2. The highest BCUT2D eigenvalue weighted by atomic mass is 16.5. The van der Waals surface area contributed by atoms with Crippen LogP contribution in [0.4, 0.5) is 11.4 Å². The van der Waals surface area contributed by atoms with E-state index in [1.807, 2.05) is 25.1 Å². The minimum Gasteiger partial charge on any atom is -0.507 e. The topological polar surface area (TPSA) is 99.1 Å². The molecule has 0 aliphatic carbocycles. The number of esters is 1. The van der Waals surface area contributed by atoms with Gasteiger partial charge in [-0.3, -0.25) is 4.79 Å². The summed E-state index contributed by atoms with van der Waals surface area (Å²) in [5.74, 6) is -1.84. The van der Waals surface area contributed by atoms with E-state index in [4.69, 9.17) is 4.74 Å². The molecule has 1 aliphatic rings. The maximum Gasteiger partial charge on any atom is 0.342 e. The number of nitrogens with zero attached hydrogens (tertiary/aromatic N) is 1. The summed E-state index contributed by atoms with van der Waals surface area (Å²) < 4.78 is 5.06. The molecule has 0 aromatic heterocycles. The number of benzene rings is 3. The van der Waals surface area contributed by atoms with Crippen LogP contribution in [0.25, 0.3) is 10.8 Å². The molecule has 1 aliphatic heterocycles. The molecule has 3 N–H and O–H groups in total. The van der Waals surface area contributed by atoms with Crippen molar-refractivity contribution in [3.63, 3.8) is 0 Å². The van der Waals surface area contributed by atoms with Gasteiger partial charge in [-0.1, -0.05) is 24.3 Å². The van der Waals surface area contributed by atoms with E-state index in [9.17, 15) is 19.8 Å². The summed E-state index contributed by atoms with van der Waals surface area (Å²) in [5.41, 5.74) is 2.50. The number of hydrogen-bond acceptors (Lipinski definition) is 6. The number of rotatable bonds is 5. The van der Waals surface area contributed by atoms with Crippen molar-refractivity contribution in [2.45, 2.75) is 19.8 Å². The molecular formula is C24H24N2O5. The first-order valence-electron chi connectivity index (χ1n) is 10.2. The van der Waals surface area contributed by atoms with Crippen LogP contribution in [-0.4, -0.2) is 41.8 Å². The summed E-state index contributed by atoms with van der Waals surface area (Å²) in [6, 6.07) is 13.6. The van der Waals surface area contributed by atoms with Crippen LogP contribution < -0.4 is 10.2 Å². The third kappa shape index (κ3) is 4.26. The van der Waals surface area contributed by atoms with Gasteiger partial charge in [-0.05, 0) is 49.6 Å². The van der Waals surface area contributed by atoms with E-state index in [0.717, 1.165) is 30.4 Å². The molecule has 3 aromatic carbocycles. The molecule has 0 saturated carbocycles. The summed E-state index contributed by atoms with van der Waals surface area (Å²) in [7, 11) is 0. The SMILES string of the molecule is Cc1cc(N2CCCC2)ccc1NC(=O)COC(=O)c1cc(O)c2ccccc2c1O. The van der Waals surface area contributed by atoms with Crippen LogP contribution >= 0.6 is 0 Å². The lowest BCUT2D eigenvalue weighted by atomic mass is 10.0. The molecular weight excluding hydrogens is 396 g/mol.